The number of piperazine rings is 1. The Morgan fingerprint density at radius 3 is 2.61 bits per heavy atom. The number of hydrogen-bond acceptors (Lipinski definition) is 4. The lowest BCUT2D eigenvalue weighted by Gasteiger charge is -2.39. The number of nitrogens with zero attached hydrogens (tertiary/aromatic N) is 2. The van der Waals surface area contributed by atoms with Crippen LogP contribution in [0.25, 0.3) is 0 Å². The van der Waals surface area contributed by atoms with E-state index in [0.29, 0.717) is 0 Å². The van der Waals surface area contributed by atoms with Crippen molar-refractivity contribution < 1.29 is 14.6 Å². The molecular formula is C13H24N2O3. The highest BCUT2D eigenvalue weighted by molar-refractivity contribution is 5.81. The van der Waals surface area contributed by atoms with Crippen LogP contribution < -0.4 is 0 Å². The van der Waals surface area contributed by atoms with Gasteiger partial charge in [0.1, 0.15) is 6.10 Å². The van der Waals surface area contributed by atoms with Crippen LogP contribution in [-0.2, 0) is 9.53 Å². The van der Waals surface area contributed by atoms with Crippen LogP contribution in [0, 0.1) is 0 Å². The smallest absolute Gasteiger partial charge is 0.251 e. The Balaban J connectivity index is 1.80. The van der Waals surface area contributed by atoms with Crippen molar-refractivity contribution in [2.45, 2.75) is 38.3 Å². The predicted molar refractivity (Wildman–Crippen MR) is 68.3 cm³/mol. The number of amides is 1. The molecule has 1 N–H and O–H groups in total. The van der Waals surface area contributed by atoms with Crippen LogP contribution in [0.3, 0.4) is 0 Å². The summed E-state index contributed by atoms with van der Waals surface area (Å²) in [5.41, 5.74) is 0. The third-order valence-corrected chi connectivity index (χ3v) is 4.03. The van der Waals surface area contributed by atoms with Crippen molar-refractivity contribution in [2.75, 3.05) is 39.4 Å². The molecule has 1 amide bonds. The van der Waals surface area contributed by atoms with Gasteiger partial charge in [0.2, 0.25) is 0 Å². The molecule has 0 bridgehead atoms. The van der Waals surface area contributed by atoms with Gasteiger partial charge in [0.15, 0.2) is 0 Å². The molecule has 2 saturated heterocycles. The summed E-state index contributed by atoms with van der Waals surface area (Å²) in [4.78, 5) is 16.3. The molecule has 0 spiro atoms. The van der Waals surface area contributed by atoms with E-state index in [9.17, 15) is 9.90 Å². The van der Waals surface area contributed by atoms with E-state index in [1.807, 2.05) is 4.90 Å². The number of rotatable bonds is 4. The molecule has 0 radical (unpaired) electrons. The monoisotopic (exact) mass is 256 g/mol. The number of aliphatic hydroxyl groups is 1. The topological polar surface area (TPSA) is 53.0 Å². The largest absolute Gasteiger partial charge is 0.395 e. The van der Waals surface area contributed by atoms with Crippen LogP contribution in [0.1, 0.15) is 26.2 Å². The first kappa shape index (κ1) is 13.8. The average Bonchev–Trinajstić information content (AvgIpc) is 2.94. The average molecular weight is 256 g/mol. The first-order chi connectivity index (χ1) is 8.76. The second-order valence-electron chi connectivity index (χ2n) is 5.11. The molecule has 5 heteroatoms. The van der Waals surface area contributed by atoms with Gasteiger partial charge < -0.3 is 14.7 Å². The number of aliphatic hydroxyl groups excluding tert-OH is 1. The number of carbonyl (C=O) groups is 1. The lowest BCUT2D eigenvalue weighted by atomic mass is 10.1. The van der Waals surface area contributed by atoms with Crippen molar-refractivity contribution in [1.29, 1.82) is 0 Å². The Kier molecular flexibility index (Phi) is 4.97. The molecule has 0 aromatic rings. The molecule has 2 aliphatic rings. The zero-order chi connectivity index (χ0) is 13.0. The van der Waals surface area contributed by atoms with Crippen molar-refractivity contribution in [1.82, 2.24) is 9.80 Å². The zero-order valence-corrected chi connectivity index (χ0v) is 11.2. The van der Waals surface area contributed by atoms with Gasteiger partial charge in [0.05, 0.1) is 6.61 Å². The van der Waals surface area contributed by atoms with Crippen LogP contribution in [0.4, 0.5) is 0 Å². The Morgan fingerprint density at radius 2 is 2.11 bits per heavy atom. The molecule has 2 unspecified atom stereocenters. The minimum Gasteiger partial charge on any atom is -0.395 e. The molecule has 18 heavy (non-hydrogen) atoms. The summed E-state index contributed by atoms with van der Waals surface area (Å²) in [7, 11) is 0. The van der Waals surface area contributed by atoms with Crippen molar-refractivity contribution >= 4 is 5.91 Å². The highest BCUT2D eigenvalue weighted by Crippen LogP contribution is 2.16. The fraction of sp³-hybridized carbons (Fsp3) is 0.923. The van der Waals surface area contributed by atoms with E-state index < -0.39 is 0 Å². The normalized spacial score (nSPS) is 27.4. The van der Waals surface area contributed by atoms with Gasteiger partial charge in [-0.15, -0.1) is 0 Å². The zero-order valence-electron chi connectivity index (χ0n) is 11.2. The summed E-state index contributed by atoms with van der Waals surface area (Å²) in [5, 5.41) is 9.28. The molecule has 0 aromatic heterocycles. The fourth-order valence-electron chi connectivity index (χ4n) is 2.79. The third-order valence-electron chi connectivity index (χ3n) is 4.03. The van der Waals surface area contributed by atoms with Crippen molar-refractivity contribution in [3.63, 3.8) is 0 Å². The summed E-state index contributed by atoms with van der Waals surface area (Å²) in [6.07, 6.45) is 2.62. The molecule has 5 nitrogen and oxygen atoms in total. The summed E-state index contributed by atoms with van der Waals surface area (Å²) >= 11 is 0. The van der Waals surface area contributed by atoms with Crippen LogP contribution >= 0.6 is 0 Å². The number of carbonyl (C=O) groups excluding carboxylic acids is 1. The van der Waals surface area contributed by atoms with Gasteiger partial charge in [-0.1, -0.05) is 6.92 Å². The highest BCUT2D eigenvalue weighted by atomic mass is 16.5. The van der Waals surface area contributed by atoms with Gasteiger partial charge in [-0.3, -0.25) is 9.69 Å². The van der Waals surface area contributed by atoms with Crippen LogP contribution in [0.15, 0.2) is 0 Å². The van der Waals surface area contributed by atoms with E-state index in [0.717, 1.165) is 52.0 Å². The molecule has 2 aliphatic heterocycles. The lowest BCUT2D eigenvalue weighted by Crippen LogP contribution is -2.54. The third kappa shape index (κ3) is 3.02. The molecule has 0 saturated carbocycles. The van der Waals surface area contributed by atoms with E-state index in [-0.39, 0.29) is 24.7 Å². The Hall–Kier alpha value is -0.650. The van der Waals surface area contributed by atoms with E-state index in [2.05, 4.69) is 11.8 Å². The molecule has 2 atom stereocenters. The molecule has 104 valence electrons. The van der Waals surface area contributed by atoms with E-state index >= 15 is 0 Å². The first-order valence-electron chi connectivity index (χ1n) is 7.01. The molecule has 2 fully saturated rings. The minimum absolute atomic E-state index is 0.157. The maximum atomic E-state index is 12.1. The van der Waals surface area contributed by atoms with Gasteiger partial charge in [0, 0.05) is 38.8 Å². The second kappa shape index (κ2) is 6.50. The summed E-state index contributed by atoms with van der Waals surface area (Å²) in [6, 6.07) is 0.241. The number of ether oxygens (including phenoxy) is 1. The van der Waals surface area contributed by atoms with Crippen molar-refractivity contribution in [2.24, 2.45) is 0 Å². The van der Waals surface area contributed by atoms with Crippen LogP contribution in [-0.4, -0.2) is 72.4 Å². The predicted octanol–water partition coefficient (Wildman–Crippen LogP) is 0.0805. The van der Waals surface area contributed by atoms with Crippen molar-refractivity contribution in [3.05, 3.63) is 0 Å². The summed E-state index contributed by atoms with van der Waals surface area (Å²) < 4.78 is 5.44. The molecule has 2 rings (SSSR count). The van der Waals surface area contributed by atoms with Gasteiger partial charge in [0.25, 0.3) is 5.91 Å². The van der Waals surface area contributed by atoms with Crippen molar-refractivity contribution in [3.8, 4) is 0 Å². The standard InChI is InChI=1S/C13H24N2O3/c1-2-11(10-16)14-5-7-15(8-6-14)13(17)12-4-3-9-18-12/h11-12,16H,2-10H2,1H3. The van der Waals surface area contributed by atoms with Gasteiger partial charge >= 0.3 is 0 Å². The maximum Gasteiger partial charge on any atom is 0.251 e. The van der Waals surface area contributed by atoms with E-state index in [1.165, 1.54) is 0 Å². The number of hydrogen-bond donors (Lipinski definition) is 1. The summed E-state index contributed by atoms with van der Waals surface area (Å²) in [6.45, 7) is 6.25. The van der Waals surface area contributed by atoms with Gasteiger partial charge in [-0.05, 0) is 19.3 Å². The maximum absolute atomic E-state index is 12.1. The Morgan fingerprint density at radius 1 is 1.39 bits per heavy atom. The Labute approximate surface area is 109 Å². The SMILES string of the molecule is CCC(CO)N1CCN(C(=O)C2CCCO2)CC1. The molecule has 0 aliphatic carbocycles. The van der Waals surface area contributed by atoms with Crippen LogP contribution in [0.5, 0.6) is 0 Å². The fourth-order valence-corrected chi connectivity index (χ4v) is 2.79. The highest BCUT2D eigenvalue weighted by Gasteiger charge is 2.31. The van der Waals surface area contributed by atoms with Crippen LogP contribution in [0.2, 0.25) is 0 Å². The Bertz CT molecular complexity index is 267. The molecular weight excluding hydrogens is 232 g/mol. The first-order valence-corrected chi connectivity index (χ1v) is 7.01. The quantitative estimate of drug-likeness (QED) is 0.774. The van der Waals surface area contributed by atoms with Gasteiger partial charge in [-0.25, -0.2) is 0 Å². The lowest BCUT2D eigenvalue weighted by molar-refractivity contribution is -0.143. The minimum atomic E-state index is -0.198. The summed E-state index contributed by atoms with van der Waals surface area (Å²) in [5.74, 6) is 0.157. The molecule has 2 heterocycles. The van der Waals surface area contributed by atoms with Gasteiger partial charge in [-0.2, -0.15) is 0 Å². The van der Waals surface area contributed by atoms with E-state index in [4.69, 9.17) is 4.74 Å². The van der Waals surface area contributed by atoms with E-state index in [1.54, 1.807) is 0 Å². The second-order valence-corrected chi connectivity index (χ2v) is 5.11. The molecule has 0 aromatic carbocycles.